The normalized spacial score (nSPS) is 14.5. The zero-order valence-electron chi connectivity index (χ0n) is 20.0. The van der Waals surface area contributed by atoms with Gasteiger partial charge in [-0.15, -0.1) is 0 Å². The predicted molar refractivity (Wildman–Crippen MR) is 129 cm³/mol. The van der Waals surface area contributed by atoms with E-state index in [4.69, 9.17) is 16.6 Å². The molecule has 4 atom stereocenters. The van der Waals surface area contributed by atoms with E-state index in [9.17, 15) is 29.1 Å². The number of nitrogens with one attached hydrogen (secondary N) is 3. The number of carbonyl (C=O) groups is 5. The van der Waals surface area contributed by atoms with Crippen molar-refractivity contribution in [1.29, 1.82) is 0 Å². The fourth-order valence-electron chi connectivity index (χ4n) is 3.06. The highest BCUT2D eigenvalue weighted by Gasteiger charge is 2.30. The lowest BCUT2D eigenvalue weighted by Gasteiger charge is -2.26. The minimum absolute atomic E-state index is 0.000189. The number of hydrogen-bond donors (Lipinski definition) is 7. The number of amides is 3. The SMILES string of the molecule is CSCCC(NC(=O)C(CC(C)C)NC(=O)C(CCCCN)NC(=O)C(N)CC(=O)O)C(=O)O. The van der Waals surface area contributed by atoms with Crippen LogP contribution in [-0.2, 0) is 24.0 Å². The van der Waals surface area contributed by atoms with Crippen LogP contribution in [0, 0.1) is 5.92 Å². The summed E-state index contributed by atoms with van der Waals surface area (Å²) < 4.78 is 0. The van der Waals surface area contributed by atoms with Crippen LogP contribution in [0.3, 0.4) is 0 Å². The van der Waals surface area contributed by atoms with Gasteiger partial charge in [0.05, 0.1) is 12.5 Å². The van der Waals surface area contributed by atoms with Crippen molar-refractivity contribution in [2.75, 3.05) is 18.6 Å². The van der Waals surface area contributed by atoms with Gasteiger partial charge in [0.1, 0.15) is 18.1 Å². The van der Waals surface area contributed by atoms with Crippen LogP contribution in [0.1, 0.15) is 52.4 Å². The minimum atomic E-state index is -1.34. The third-order valence-electron chi connectivity index (χ3n) is 4.88. The van der Waals surface area contributed by atoms with Crippen LogP contribution in [0.5, 0.6) is 0 Å². The lowest BCUT2D eigenvalue weighted by atomic mass is 10.0. The molecule has 0 aromatic heterocycles. The van der Waals surface area contributed by atoms with Crippen LogP contribution >= 0.6 is 11.8 Å². The quantitative estimate of drug-likeness (QED) is 0.116. The van der Waals surface area contributed by atoms with E-state index in [1.807, 2.05) is 20.1 Å². The molecule has 0 saturated heterocycles. The van der Waals surface area contributed by atoms with Gasteiger partial charge in [0, 0.05) is 0 Å². The second-order valence-corrected chi connectivity index (χ2v) is 9.41. The third-order valence-corrected chi connectivity index (χ3v) is 5.52. The Morgan fingerprint density at radius 1 is 0.853 bits per heavy atom. The maximum Gasteiger partial charge on any atom is 0.326 e. The van der Waals surface area contributed by atoms with Gasteiger partial charge in [0.25, 0.3) is 0 Å². The van der Waals surface area contributed by atoms with Crippen LogP contribution in [0.4, 0.5) is 0 Å². The molecule has 0 radical (unpaired) electrons. The number of carboxylic acids is 2. The number of aliphatic carboxylic acids is 2. The van der Waals surface area contributed by atoms with Crippen molar-refractivity contribution in [3.63, 3.8) is 0 Å². The zero-order valence-corrected chi connectivity index (χ0v) is 20.9. The van der Waals surface area contributed by atoms with Crippen molar-refractivity contribution in [3.05, 3.63) is 0 Å². The monoisotopic (exact) mass is 505 g/mol. The summed E-state index contributed by atoms with van der Waals surface area (Å²) in [6, 6.07) is -4.52. The molecule has 0 saturated carbocycles. The fraction of sp³-hybridized carbons (Fsp3) is 0.762. The first-order chi connectivity index (χ1) is 15.9. The van der Waals surface area contributed by atoms with Crippen LogP contribution in [0.25, 0.3) is 0 Å². The van der Waals surface area contributed by atoms with E-state index in [1.54, 1.807) is 0 Å². The molecule has 196 valence electrons. The van der Waals surface area contributed by atoms with Crippen molar-refractivity contribution < 1.29 is 34.2 Å². The molecule has 0 aliphatic rings. The first-order valence-corrected chi connectivity index (χ1v) is 12.6. The Morgan fingerprint density at radius 2 is 1.41 bits per heavy atom. The average molecular weight is 506 g/mol. The number of unbranched alkanes of at least 4 members (excludes halogenated alkanes) is 1. The molecule has 0 aromatic rings. The number of hydrogen-bond acceptors (Lipinski definition) is 8. The zero-order chi connectivity index (χ0) is 26.3. The molecule has 0 fully saturated rings. The van der Waals surface area contributed by atoms with Gasteiger partial charge < -0.3 is 37.6 Å². The number of rotatable bonds is 18. The molecule has 12 nitrogen and oxygen atoms in total. The van der Waals surface area contributed by atoms with E-state index in [1.165, 1.54) is 11.8 Å². The first kappa shape index (κ1) is 31.6. The van der Waals surface area contributed by atoms with E-state index in [-0.39, 0.29) is 25.2 Å². The number of carbonyl (C=O) groups excluding carboxylic acids is 3. The Bertz CT molecular complexity index is 692. The van der Waals surface area contributed by atoms with Gasteiger partial charge in [0.15, 0.2) is 0 Å². The van der Waals surface area contributed by atoms with Gasteiger partial charge in [0.2, 0.25) is 17.7 Å². The van der Waals surface area contributed by atoms with Crippen LogP contribution < -0.4 is 27.4 Å². The van der Waals surface area contributed by atoms with Crippen molar-refractivity contribution in [1.82, 2.24) is 16.0 Å². The summed E-state index contributed by atoms with van der Waals surface area (Å²) in [4.78, 5) is 60.5. The number of nitrogens with two attached hydrogens (primary N) is 2. The summed E-state index contributed by atoms with van der Waals surface area (Å²) in [5.41, 5.74) is 11.1. The number of thioether (sulfide) groups is 1. The fourth-order valence-corrected chi connectivity index (χ4v) is 3.53. The largest absolute Gasteiger partial charge is 0.481 e. The number of carboxylic acid groups (broad SMARTS) is 2. The third kappa shape index (κ3) is 13.4. The molecule has 3 amide bonds. The maximum atomic E-state index is 13.0. The van der Waals surface area contributed by atoms with Crippen molar-refractivity contribution >= 4 is 41.4 Å². The summed E-state index contributed by atoms with van der Waals surface area (Å²) in [5, 5.41) is 25.8. The molecule has 0 rings (SSSR count). The Labute approximate surface area is 204 Å². The van der Waals surface area contributed by atoms with Crippen LogP contribution in [0.15, 0.2) is 0 Å². The average Bonchev–Trinajstić information content (AvgIpc) is 2.74. The smallest absolute Gasteiger partial charge is 0.326 e. The molecule has 0 bridgehead atoms. The highest BCUT2D eigenvalue weighted by molar-refractivity contribution is 7.98. The summed E-state index contributed by atoms with van der Waals surface area (Å²) in [5.74, 6) is -3.98. The predicted octanol–water partition coefficient (Wildman–Crippen LogP) is -0.744. The topological polar surface area (TPSA) is 214 Å². The van der Waals surface area contributed by atoms with E-state index in [0.717, 1.165) is 0 Å². The van der Waals surface area contributed by atoms with Gasteiger partial charge in [-0.25, -0.2) is 4.79 Å². The molecule has 34 heavy (non-hydrogen) atoms. The van der Waals surface area contributed by atoms with E-state index in [2.05, 4.69) is 16.0 Å². The van der Waals surface area contributed by atoms with Gasteiger partial charge in [-0.05, 0) is 56.6 Å². The van der Waals surface area contributed by atoms with Gasteiger partial charge in [-0.3, -0.25) is 19.2 Å². The molecule has 13 heteroatoms. The van der Waals surface area contributed by atoms with E-state index in [0.29, 0.717) is 25.1 Å². The Hall–Kier alpha value is -2.38. The molecule has 0 aliphatic heterocycles. The van der Waals surface area contributed by atoms with Crippen LogP contribution in [0.2, 0.25) is 0 Å². The summed E-state index contributed by atoms with van der Waals surface area (Å²) in [6.07, 6.45) is 2.98. The molecule has 0 spiro atoms. The maximum absolute atomic E-state index is 13.0. The Kier molecular flexibility index (Phi) is 15.9. The second-order valence-electron chi connectivity index (χ2n) is 8.42. The minimum Gasteiger partial charge on any atom is -0.481 e. The summed E-state index contributed by atoms with van der Waals surface area (Å²) >= 11 is 1.45. The van der Waals surface area contributed by atoms with Crippen LogP contribution in [-0.4, -0.2) is 82.6 Å². The lowest BCUT2D eigenvalue weighted by molar-refractivity contribution is -0.142. The molecule has 0 aromatic carbocycles. The molecule has 9 N–H and O–H groups in total. The standard InChI is InChI=1S/C21H39N5O7S/c1-12(2)10-16(20(31)25-15(21(32)33)7-9-34-3)26-19(30)14(6-4-5-8-22)24-18(29)13(23)11-17(27)28/h12-16H,4-11,22-23H2,1-3H3,(H,24,29)(H,25,31)(H,26,30)(H,27,28)(H,32,33). The highest BCUT2D eigenvalue weighted by Crippen LogP contribution is 2.09. The van der Waals surface area contributed by atoms with E-state index >= 15 is 0 Å². The highest BCUT2D eigenvalue weighted by atomic mass is 32.2. The molecule has 0 aliphatic carbocycles. The summed E-state index contributed by atoms with van der Waals surface area (Å²) in [6.45, 7) is 4.08. The molecule has 4 unspecified atom stereocenters. The Morgan fingerprint density at radius 3 is 1.91 bits per heavy atom. The van der Waals surface area contributed by atoms with Gasteiger partial charge in [-0.1, -0.05) is 13.8 Å². The molecular weight excluding hydrogens is 466 g/mol. The molecular formula is C21H39N5O7S. The molecule has 0 heterocycles. The van der Waals surface area contributed by atoms with Gasteiger partial charge in [-0.2, -0.15) is 11.8 Å². The second kappa shape index (κ2) is 17.1. The van der Waals surface area contributed by atoms with Crippen molar-refractivity contribution in [2.45, 2.75) is 76.5 Å². The van der Waals surface area contributed by atoms with Crippen molar-refractivity contribution in [3.8, 4) is 0 Å². The Balaban J connectivity index is 5.48. The lowest BCUT2D eigenvalue weighted by Crippen LogP contribution is -2.57. The van der Waals surface area contributed by atoms with Crippen molar-refractivity contribution in [2.24, 2.45) is 17.4 Å². The van der Waals surface area contributed by atoms with E-state index < -0.39 is 60.2 Å². The van der Waals surface area contributed by atoms with Gasteiger partial charge >= 0.3 is 11.9 Å². The first-order valence-electron chi connectivity index (χ1n) is 11.2. The summed E-state index contributed by atoms with van der Waals surface area (Å²) in [7, 11) is 0.